The van der Waals surface area contributed by atoms with E-state index >= 15 is 0 Å². The van der Waals surface area contributed by atoms with Crippen molar-refractivity contribution in [3.63, 3.8) is 0 Å². The molecule has 10 heteroatoms. The highest BCUT2D eigenvalue weighted by Gasteiger charge is 2.47. The number of ketones is 1. The van der Waals surface area contributed by atoms with E-state index < -0.39 is 41.8 Å². The number of urea groups is 1. The number of hydrogen-bond acceptors (Lipinski definition) is 5. The van der Waals surface area contributed by atoms with Crippen LogP contribution in [-0.4, -0.2) is 65.7 Å². The van der Waals surface area contributed by atoms with E-state index in [1.165, 1.54) is 11.0 Å². The number of hydrogen-bond donors (Lipinski definition) is 4. The normalized spacial score (nSPS) is 22.2. The average Bonchev–Trinajstić information content (AvgIpc) is 3.45. The van der Waals surface area contributed by atoms with E-state index in [9.17, 15) is 24.0 Å². The number of Topliss-reactive ketones (excluding diaryl/α,β-unsaturated/α-hetero) is 1. The van der Waals surface area contributed by atoms with Gasteiger partial charge in [-0.25, -0.2) is 4.79 Å². The van der Waals surface area contributed by atoms with Crippen molar-refractivity contribution in [1.82, 2.24) is 20.9 Å². The van der Waals surface area contributed by atoms with E-state index in [-0.39, 0.29) is 36.6 Å². The smallest absolute Gasteiger partial charge is 0.312 e. The molecule has 10 nitrogen and oxygen atoms in total. The number of carbonyl (C=O) groups is 5. The zero-order chi connectivity index (χ0) is 28.0. The Morgan fingerprint density at radius 2 is 1.74 bits per heavy atom. The van der Waals surface area contributed by atoms with Crippen LogP contribution in [0, 0.1) is 17.8 Å². The highest BCUT2D eigenvalue weighted by Crippen LogP contribution is 2.34. The SMILES string of the molecule is C=CCNC(=O)C(=O)C(CCC)NC(=O)[C@@H]1[C@@H](C)[C@@H](C)CN1C(=O)[C@@H](NC(N)=O)C1Cc2ccccc2C1. The van der Waals surface area contributed by atoms with Crippen molar-refractivity contribution >= 4 is 29.5 Å². The van der Waals surface area contributed by atoms with E-state index in [1.54, 1.807) is 0 Å². The molecule has 206 valence electrons. The second kappa shape index (κ2) is 12.7. The van der Waals surface area contributed by atoms with E-state index in [4.69, 9.17) is 5.73 Å². The summed E-state index contributed by atoms with van der Waals surface area (Å²) in [7, 11) is 0. The first-order valence-corrected chi connectivity index (χ1v) is 13.3. The van der Waals surface area contributed by atoms with E-state index in [0.717, 1.165) is 11.1 Å². The summed E-state index contributed by atoms with van der Waals surface area (Å²) in [6.45, 7) is 9.67. The maximum atomic E-state index is 13.9. The van der Waals surface area contributed by atoms with Gasteiger partial charge < -0.3 is 26.6 Å². The summed E-state index contributed by atoms with van der Waals surface area (Å²) in [5, 5.41) is 7.83. The Kier molecular flexibility index (Phi) is 9.66. The summed E-state index contributed by atoms with van der Waals surface area (Å²) in [6.07, 6.45) is 3.52. The summed E-state index contributed by atoms with van der Waals surface area (Å²) in [4.78, 5) is 65.9. The van der Waals surface area contributed by atoms with E-state index in [2.05, 4.69) is 22.5 Å². The number of likely N-dealkylation sites (tertiary alicyclic amines) is 1. The molecule has 3 rings (SSSR count). The fourth-order valence-electron chi connectivity index (χ4n) is 5.56. The molecular weight excluding hydrogens is 486 g/mol. The van der Waals surface area contributed by atoms with Crippen molar-refractivity contribution in [1.29, 1.82) is 0 Å². The Balaban J connectivity index is 1.82. The summed E-state index contributed by atoms with van der Waals surface area (Å²) < 4.78 is 0. The van der Waals surface area contributed by atoms with Gasteiger partial charge >= 0.3 is 6.03 Å². The second-order valence-corrected chi connectivity index (χ2v) is 10.4. The molecule has 0 spiro atoms. The third-order valence-electron chi connectivity index (χ3n) is 7.73. The molecule has 1 aliphatic carbocycles. The lowest BCUT2D eigenvalue weighted by molar-refractivity contribution is -0.143. The Morgan fingerprint density at radius 1 is 1.11 bits per heavy atom. The molecule has 5 atom stereocenters. The van der Waals surface area contributed by atoms with E-state index in [0.29, 0.717) is 25.8 Å². The predicted molar refractivity (Wildman–Crippen MR) is 143 cm³/mol. The number of carbonyl (C=O) groups excluding carboxylic acids is 5. The van der Waals surface area contributed by atoms with Crippen LogP contribution in [-0.2, 0) is 32.0 Å². The largest absolute Gasteiger partial charge is 0.352 e. The van der Waals surface area contributed by atoms with Gasteiger partial charge in [0.15, 0.2) is 0 Å². The van der Waals surface area contributed by atoms with Gasteiger partial charge in [-0.1, -0.05) is 57.5 Å². The first-order chi connectivity index (χ1) is 18.1. The monoisotopic (exact) mass is 525 g/mol. The lowest BCUT2D eigenvalue weighted by atomic mass is 9.92. The molecule has 1 aromatic rings. The quantitative estimate of drug-likeness (QED) is 0.252. The number of nitrogens with zero attached hydrogens (tertiary/aromatic N) is 1. The minimum atomic E-state index is -1.01. The van der Waals surface area contributed by atoms with Crippen LogP contribution in [0.1, 0.15) is 44.7 Å². The number of primary amides is 1. The Labute approximate surface area is 223 Å². The number of benzene rings is 1. The summed E-state index contributed by atoms with van der Waals surface area (Å²) in [6, 6.07) is 4.32. The van der Waals surface area contributed by atoms with Crippen LogP contribution in [0.5, 0.6) is 0 Å². The summed E-state index contributed by atoms with van der Waals surface area (Å²) in [5.74, 6) is -2.81. The minimum absolute atomic E-state index is 0.000852. The van der Waals surface area contributed by atoms with Crippen LogP contribution in [0.25, 0.3) is 0 Å². The first-order valence-electron chi connectivity index (χ1n) is 13.3. The molecule has 1 saturated heterocycles. The van der Waals surface area contributed by atoms with Gasteiger partial charge in [-0.2, -0.15) is 0 Å². The van der Waals surface area contributed by atoms with Crippen molar-refractivity contribution in [2.24, 2.45) is 23.5 Å². The zero-order valence-electron chi connectivity index (χ0n) is 22.4. The summed E-state index contributed by atoms with van der Waals surface area (Å²) >= 11 is 0. The molecule has 1 unspecified atom stereocenters. The molecule has 1 aliphatic heterocycles. The minimum Gasteiger partial charge on any atom is -0.352 e. The second-order valence-electron chi connectivity index (χ2n) is 10.4. The van der Waals surface area contributed by atoms with Crippen LogP contribution >= 0.6 is 0 Å². The topological polar surface area (TPSA) is 151 Å². The molecule has 0 aromatic heterocycles. The predicted octanol–water partition coefficient (Wildman–Crippen LogP) is 1.08. The molecule has 0 bridgehead atoms. The molecule has 5 amide bonds. The van der Waals surface area contributed by atoms with E-state index in [1.807, 2.05) is 45.0 Å². The molecule has 38 heavy (non-hydrogen) atoms. The fraction of sp³-hybridized carbons (Fsp3) is 0.536. The van der Waals surface area contributed by atoms with Gasteiger partial charge in [-0.05, 0) is 48.1 Å². The zero-order valence-corrected chi connectivity index (χ0v) is 22.4. The number of nitrogens with two attached hydrogens (primary N) is 1. The third-order valence-corrected chi connectivity index (χ3v) is 7.73. The fourth-order valence-corrected chi connectivity index (χ4v) is 5.56. The Hall–Kier alpha value is -3.69. The van der Waals surface area contributed by atoms with Gasteiger partial charge in [0.05, 0.1) is 6.04 Å². The number of rotatable bonds is 11. The molecule has 0 radical (unpaired) electrons. The van der Waals surface area contributed by atoms with Gasteiger partial charge in [-0.15, -0.1) is 6.58 Å². The van der Waals surface area contributed by atoms with Crippen LogP contribution < -0.4 is 21.7 Å². The van der Waals surface area contributed by atoms with Gasteiger partial charge in [0, 0.05) is 13.1 Å². The molecule has 1 fully saturated rings. The lowest BCUT2D eigenvalue weighted by Gasteiger charge is -2.32. The molecule has 1 heterocycles. The molecule has 5 N–H and O–H groups in total. The first kappa shape index (κ1) is 28.9. The highest BCUT2D eigenvalue weighted by molar-refractivity contribution is 6.38. The standard InChI is InChI=1S/C28H39N5O5/c1-5-9-21(24(34)26(36)30-12-6-2)31-25(35)23-17(4)16(3)15-33(23)27(37)22(32-28(29)38)20-13-18-10-7-8-11-19(18)14-20/h6-8,10-11,16-17,20-23H,2,5,9,12-15H2,1,3-4H3,(H,30,36)(H,31,35)(H3,29,32,38)/t16-,17-,21?,22-,23-/m0/s1. The maximum absolute atomic E-state index is 13.9. The van der Waals surface area contributed by atoms with Crippen molar-refractivity contribution in [3.8, 4) is 0 Å². The van der Waals surface area contributed by atoms with Crippen molar-refractivity contribution in [2.75, 3.05) is 13.1 Å². The van der Waals surface area contributed by atoms with Crippen molar-refractivity contribution in [3.05, 3.63) is 48.0 Å². The Morgan fingerprint density at radius 3 is 2.29 bits per heavy atom. The highest BCUT2D eigenvalue weighted by atomic mass is 16.2. The van der Waals surface area contributed by atoms with Crippen LogP contribution in [0.2, 0.25) is 0 Å². The molecular formula is C28H39N5O5. The Bertz CT molecular complexity index is 1060. The average molecular weight is 526 g/mol. The van der Waals surface area contributed by atoms with Crippen molar-refractivity contribution < 1.29 is 24.0 Å². The summed E-state index contributed by atoms with van der Waals surface area (Å²) in [5.41, 5.74) is 7.71. The molecule has 1 aromatic carbocycles. The number of nitrogens with one attached hydrogen (secondary N) is 3. The number of fused-ring (bicyclic) bond motifs is 1. The van der Waals surface area contributed by atoms with Gasteiger partial charge in [0.1, 0.15) is 12.1 Å². The van der Waals surface area contributed by atoms with Gasteiger partial charge in [0.2, 0.25) is 17.6 Å². The third kappa shape index (κ3) is 6.41. The van der Waals surface area contributed by atoms with Gasteiger partial charge in [-0.3, -0.25) is 19.2 Å². The van der Waals surface area contributed by atoms with Crippen LogP contribution in [0.4, 0.5) is 4.79 Å². The maximum Gasteiger partial charge on any atom is 0.312 e. The molecule has 0 saturated carbocycles. The number of amides is 5. The van der Waals surface area contributed by atoms with Gasteiger partial charge in [0.25, 0.3) is 5.91 Å². The van der Waals surface area contributed by atoms with Crippen molar-refractivity contribution in [2.45, 2.75) is 64.6 Å². The van der Waals surface area contributed by atoms with Crippen LogP contribution in [0.15, 0.2) is 36.9 Å². The lowest BCUT2D eigenvalue weighted by Crippen LogP contribution is -2.59. The molecule has 2 aliphatic rings. The van der Waals surface area contributed by atoms with Crippen LogP contribution in [0.3, 0.4) is 0 Å².